The molecule has 0 bridgehead atoms. The van der Waals surface area contributed by atoms with Crippen LogP contribution in [-0.2, 0) is 14.6 Å². The maximum Gasteiger partial charge on any atom is 0.295 e. The Morgan fingerprint density at radius 3 is 1.82 bits per heavy atom. The Bertz CT molecular complexity index is 1140. The summed E-state index contributed by atoms with van der Waals surface area (Å²) in [7, 11) is -4.09. The molecule has 0 spiro atoms. The third-order valence-corrected chi connectivity index (χ3v) is 6.54. The summed E-state index contributed by atoms with van der Waals surface area (Å²) in [5, 5.41) is 10.6. The van der Waals surface area contributed by atoms with Gasteiger partial charge in [-0.05, 0) is 29.8 Å². The molecule has 1 aliphatic rings. The first kappa shape index (κ1) is 18.0. The van der Waals surface area contributed by atoms with Crippen molar-refractivity contribution < 1.29 is 18.3 Å². The molecule has 0 fully saturated rings. The Morgan fingerprint density at radius 2 is 1.25 bits per heavy atom. The minimum atomic E-state index is -4.09. The van der Waals surface area contributed by atoms with E-state index in [1.54, 1.807) is 72.8 Å². The molecule has 1 amide bonds. The van der Waals surface area contributed by atoms with Gasteiger partial charge in [0.25, 0.3) is 5.91 Å². The van der Waals surface area contributed by atoms with E-state index >= 15 is 0 Å². The lowest BCUT2D eigenvalue weighted by Crippen LogP contribution is -2.31. The summed E-state index contributed by atoms with van der Waals surface area (Å²) in [6.07, 6.45) is 0. The van der Waals surface area contributed by atoms with Crippen molar-refractivity contribution in [3.05, 3.63) is 107 Å². The Balaban J connectivity index is 1.95. The van der Waals surface area contributed by atoms with Gasteiger partial charge < -0.3 is 5.11 Å². The third-order valence-electron chi connectivity index (χ3n) is 4.65. The molecule has 1 unspecified atom stereocenters. The van der Waals surface area contributed by atoms with Gasteiger partial charge in [-0.25, -0.2) is 8.42 Å². The van der Waals surface area contributed by atoms with Crippen LogP contribution in [0.2, 0.25) is 0 Å². The van der Waals surface area contributed by atoms with Crippen molar-refractivity contribution in [1.29, 1.82) is 0 Å². The maximum atomic E-state index is 13.4. The third kappa shape index (κ3) is 2.88. The van der Waals surface area contributed by atoms with Crippen LogP contribution in [0.1, 0.15) is 11.6 Å². The van der Waals surface area contributed by atoms with Gasteiger partial charge in [-0.15, -0.1) is 0 Å². The molecule has 28 heavy (non-hydrogen) atoms. The van der Waals surface area contributed by atoms with E-state index in [9.17, 15) is 18.3 Å². The first-order chi connectivity index (χ1) is 13.5. The van der Waals surface area contributed by atoms with E-state index in [2.05, 4.69) is 0 Å². The fourth-order valence-electron chi connectivity index (χ4n) is 3.38. The minimum absolute atomic E-state index is 0.0280. The highest BCUT2D eigenvalue weighted by Gasteiger charge is 2.47. The molecule has 0 aromatic heterocycles. The molecule has 1 aliphatic heterocycles. The highest BCUT2D eigenvalue weighted by molar-refractivity contribution is 7.95. The van der Waals surface area contributed by atoms with Crippen LogP contribution in [0.3, 0.4) is 0 Å². The molecule has 6 heteroatoms. The van der Waals surface area contributed by atoms with Crippen LogP contribution < -0.4 is 4.90 Å². The van der Waals surface area contributed by atoms with Crippen molar-refractivity contribution in [3.8, 4) is 0 Å². The van der Waals surface area contributed by atoms with Crippen LogP contribution in [0.5, 0.6) is 0 Å². The van der Waals surface area contributed by atoms with E-state index in [4.69, 9.17) is 0 Å². The number of nitrogens with zero attached hydrogens (tertiary/aromatic N) is 1. The van der Waals surface area contributed by atoms with E-state index in [1.807, 2.05) is 6.07 Å². The van der Waals surface area contributed by atoms with Gasteiger partial charge in [-0.1, -0.05) is 66.7 Å². The lowest BCUT2D eigenvalue weighted by atomic mass is 10.1. The number of amides is 1. The number of hydrogen-bond acceptors (Lipinski definition) is 4. The highest BCUT2D eigenvalue weighted by Crippen LogP contribution is 2.44. The molecular formula is C22H17NO4S. The number of aliphatic hydroxyl groups is 1. The summed E-state index contributed by atoms with van der Waals surface area (Å²) in [5.41, 5.74) is 1.10. The van der Waals surface area contributed by atoms with Gasteiger partial charge in [0.15, 0.2) is 5.76 Å². The molecule has 140 valence electrons. The topological polar surface area (TPSA) is 74.7 Å². The minimum Gasteiger partial charge on any atom is -0.502 e. The van der Waals surface area contributed by atoms with Crippen molar-refractivity contribution in [3.63, 3.8) is 0 Å². The molecule has 0 radical (unpaired) electrons. The van der Waals surface area contributed by atoms with E-state index in [0.29, 0.717) is 11.3 Å². The van der Waals surface area contributed by atoms with Gasteiger partial charge in [0.05, 0.1) is 4.90 Å². The Labute approximate surface area is 163 Å². The van der Waals surface area contributed by atoms with E-state index in [1.165, 1.54) is 17.0 Å². The van der Waals surface area contributed by atoms with E-state index in [-0.39, 0.29) is 9.80 Å². The van der Waals surface area contributed by atoms with Gasteiger partial charge in [0, 0.05) is 5.69 Å². The zero-order chi connectivity index (χ0) is 19.7. The summed E-state index contributed by atoms with van der Waals surface area (Å²) in [4.78, 5) is 14.0. The number of rotatable bonds is 4. The number of anilines is 1. The van der Waals surface area contributed by atoms with Gasteiger partial charge in [0.2, 0.25) is 9.84 Å². The lowest BCUT2D eigenvalue weighted by molar-refractivity contribution is -0.117. The lowest BCUT2D eigenvalue weighted by Gasteiger charge is -2.27. The van der Waals surface area contributed by atoms with Gasteiger partial charge in [0.1, 0.15) is 10.9 Å². The second-order valence-electron chi connectivity index (χ2n) is 6.35. The molecule has 4 rings (SSSR count). The van der Waals surface area contributed by atoms with Gasteiger partial charge in [-0.3, -0.25) is 9.69 Å². The van der Waals surface area contributed by atoms with Crippen molar-refractivity contribution in [2.75, 3.05) is 4.90 Å². The number of benzene rings is 3. The Hall–Kier alpha value is -3.38. The van der Waals surface area contributed by atoms with Crippen LogP contribution in [0.4, 0.5) is 5.69 Å². The van der Waals surface area contributed by atoms with Gasteiger partial charge in [-0.2, -0.15) is 0 Å². The number of carbonyl (C=O) groups excluding carboxylic acids is 1. The molecular weight excluding hydrogens is 374 g/mol. The fraction of sp³-hybridized carbons (Fsp3) is 0.0455. The molecule has 1 N–H and O–H groups in total. The summed E-state index contributed by atoms with van der Waals surface area (Å²) >= 11 is 0. The summed E-state index contributed by atoms with van der Waals surface area (Å²) in [6, 6.07) is 24.4. The SMILES string of the molecule is O=C1C(O)=C(S(=O)(=O)c2ccccc2)C(c2ccccc2)N1c1ccccc1. The normalized spacial score (nSPS) is 17.2. The molecule has 0 aliphatic carbocycles. The van der Waals surface area contributed by atoms with E-state index < -0.39 is 27.5 Å². The summed E-state index contributed by atoms with van der Waals surface area (Å²) < 4.78 is 26.7. The number of para-hydroxylation sites is 1. The Morgan fingerprint density at radius 1 is 0.750 bits per heavy atom. The van der Waals surface area contributed by atoms with E-state index in [0.717, 1.165) is 0 Å². The average Bonchev–Trinajstić information content (AvgIpc) is 3.01. The largest absolute Gasteiger partial charge is 0.502 e. The summed E-state index contributed by atoms with van der Waals surface area (Å²) in [5.74, 6) is -1.49. The van der Waals surface area contributed by atoms with Gasteiger partial charge >= 0.3 is 0 Å². The van der Waals surface area contributed by atoms with Crippen molar-refractivity contribution >= 4 is 21.4 Å². The zero-order valence-electron chi connectivity index (χ0n) is 14.8. The van der Waals surface area contributed by atoms with Crippen LogP contribution in [0.25, 0.3) is 0 Å². The highest BCUT2D eigenvalue weighted by atomic mass is 32.2. The van der Waals surface area contributed by atoms with Crippen molar-refractivity contribution in [2.24, 2.45) is 0 Å². The molecule has 0 saturated carbocycles. The standard InChI is InChI=1S/C22H17NO4S/c24-20-21(28(26,27)18-14-8-3-9-15-18)19(16-10-4-1-5-11-16)23(22(20)25)17-12-6-2-7-13-17/h1-15,19,24H. The second kappa shape index (κ2) is 6.98. The first-order valence-electron chi connectivity index (χ1n) is 8.68. The smallest absolute Gasteiger partial charge is 0.295 e. The quantitative estimate of drug-likeness (QED) is 0.729. The van der Waals surface area contributed by atoms with Crippen molar-refractivity contribution in [2.45, 2.75) is 10.9 Å². The Kier molecular flexibility index (Phi) is 4.49. The van der Waals surface area contributed by atoms with Crippen LogP contribution >= 0.6 is 0 Å². The molecule has 1 heterocycles. The number of hydrogen-bond donors (Lipinski definition) is 1. The monoisotopic (exact) mass is 391 g/mol. The summed E-state index contributed by atoms with van der Waals surface area (Å²) in [6.45, 7) is 0. The number of sulfone groups is 1. The first-order valence-corrected chi connectivity index (χ1v) is 10.2. The molecule has 3 aromatic rings. The van der Waals surface area contributed by atoms with Crippen LogP contribution in [0, 0.1) is 0 Å². The predicted molar refractivity (Wildman–Crippen MR) is 106 cm³/mol. The molecule has 1 atom stereocenters. The number of carbonyl (C=O) groups is 1. The molecule has 0 saturated heterocycles. The molecule has 5 nitrogen and oxygen atoms in total. The zero-order valence-corrected chi connectivity index (χ0v) is 15.6. The van der Waals surface area contributed by atoms with Crippen molar-refractivity contribution in [1.82, 2.24) is 0 Å². The molecule has 3 aromatic carbocycles. The fourth-order valence-corrected chi connectivity index (χ4v) is 5.02. The van der Waals surface area contributed by atoms with Crippen LogP contribution in [-0.4, -0.2) is 19.4 Å². The number of aliphatic hydroxyl groups excluding tert-OH is 1. The average molecular weight is 391 g/mol. The second-order valence-corrected chi connectivity index (χ2v) is 8.27. The van der Waals surface area contributed by atoms with Crippen LogP contribution in [0.15, 0.2) is 107 Å². The predicted octanol–water partition coefficient (Wildman–Crippen LogP) is 4.02. The maximum absolute atomic E-state index is 13.4.